The minimum atomic E-state index is -1.15. The van der Waals surface area contributed by atoms with E-state index in [4.69, 9.17) is 9.47 Å². The zero-order valence-corrected chi connectivity index (χ0v) is 12.5. The van der Waals surface area contributed by atoms with Crippen molar-refractivity contribution in [3.63, 3.8) is 0 Å². The molecule has 0 aliphatic heterocycles. The van der Waals surface area contributed by atoms with Crippen LogP contribution in [-0.2, 0) is 4.79 Å². The third-order valence-electron chi connectivity index (χ3n) is 2.74. The monoisotopic (exact) mass is 281 g/mol. The van der Waals surface area contributed by atoms with E-state index in [0.717, 1.165) is 0 Å². The second kappa shape index (κ2) is 7.14. The van der Waals surface area contributed by atoms with Crippen molar-refractivity contribution in [2.75, 3.05) is 13.2 Å². The van der Waals surface area contributed by atoms with Gasteiger partial charge in [-0.2, -0.15) is 0 Å². The van der Waals surface area contributed by atoms with E-state index >= 15 is 0 Å². The standard InChI is InChI=1S/C15H23NO4/c1-5-19-12-8-6-7-9-13(12)20-10-15(4,14(17)18)16-11(2)3/h6-9,11,16H,5,10H2,1-4H3,(H,17,18). The van der Waals surface area contributed by atoms with E-state index < -0.39 is 11.5 Å². The van der Waals surface area contributed by atoms with Crippen LogP contribution in [0, 0.1) is 0 Å². The molecule has 0 saturated heterocycles. The summed E-state index contributed by atoms with van der Waals surface area (Å²) >= 11 is 0. The number of hydrogen-bond donors (Lipinski definition) is 2. The molecule has 0 fully saturated rings. The van der Waals surface area contributed by atoms with Crippen molar-refractivity contribution in [3.8, 4) is 11.5 Å². The number of rotatable bonds is 8. The second-order valence-corrected chi connectivity index (χ2v) is 5.10. The first-order chi connectivity index (χ1) is 9.39. The SMILES string of the molecule is CCOc1ccccc1OCC(C)(NC(C)C)C(=O)O. The maximum atomic E-state index is 11.4. The molecular weight excluding hydrogens is 258 g/mol. The van der Waals surface area contributed by atoms with E-state index in [9.17, 15) is 9.90 Å². The Labute approximate surface area is 119 Å². The lowest BCUT2D eigenvalue weighted by Gasteiger charge is -2.28. The van der Waals surface area contributed by atoms with Crippen LogP contribution in [-0.4, -0.2) is 35.9 Å². The highest BCUT2D eigenvalue weighted by molar-refractivity contribution is 5.78. The molecule has 0 saturated carbocycles. The zero-order chi connectivity index (χ0) is 15.2. The highest BCUT2D eigenvalue weighted by atomic mass is 16.5. The molecule has 0 radical (unpaired) electrons. The molecule has 2 N–H and O–H groups in total. The Morgan fingerprint density at radius 1 is 1.30 bits per heavy atom. The first-order valence-corrected chi connectivity index (χ1v) is 6.74. The van der Waals surface area contributed by atoms with Gasteiger partial charge in [-0.05, 0) is 39.8 Å². The number of nitrogens with one attached hydrogen (secondary N) is 1. The number of carboxylic acids is 1. The van der Waals surface area contributed by atoms with Crippen LogP contribution in [0.3, 0.4) is 0 Å². The molecular formula is C15H23NO4. The topological polar surface area (TPSA) is 67.8 Å². The van der Waals surface area contributed by atoms with Crippen molar-refractivity contribution >= 4 is 5.97 Å². The molecule has 0 aliphatic carbocycles. The Balaban J connectivity index is 2.80. The second-order valence-electron chi connectivity index (χ2n) is 5.10. The van der Waals surface area contributed by atoms with E-state index in [0.29, 0.717) is 18.1 Å². The Morgan fingerprint density at radius 2 is 1.85 bits per heavy atom. The fourth-order valence-corrected chi connectivity index (χ4v) is 1.87. The van der Waals surface area contributed by atoms with Gasteiger partial charge in [-0.3, -0.25) is 10.1 Å². The Hall–Kier alpha value is -1.75. The van der Waals surface area contributed by atoms with Crippen LogP contribution in [0.5, 0.6) is 11.5 Å². The van der Waals surface area contributed by atoms with Gasteiger partial charge in [0.2, 0.25) is 0 Å². The fourth-order valence-electron chi connectivity index (χ4n) is 1.87. The molecule has 1 rings (SSSR count). The first-order valence-electron chi connectivity index (χ1n) is 6.74. The maximum absolute atomic E-state index is 11.4. The summed E-state index contributed by atoms with van der Waals surface area (Å²) in [5.41, 5.74) is -1.15. The van der Waals surface area contributed by atoms with Crippen LogP contribution in [0.25, 0.3) is 0 Å². The number of ether oxygens (including phenoxy) is 2. The number of para-hydroxylation sites is 2. The van der Waals surface area contributed by atoms with Gasteiger partial charge in [0.05, 0.1) is 6.61 Å². The van der Waals surface area contributed by atoms with Gasteiger partial charge in [0, 0.05) is 6.04 Å². The lowest BCUT2D eigenvalue weighted by molar-refractivity contribution is -0.145. The van der Waals surface area contributed by atoms with E-state index in [2.05, 4.69) is 5.32 Å². The summed E-state index contributed by atoms with van der Waals surface area (Å²) < 4.78 is 11.1. The number of hydrogen-bond acceptors (Lipinski definition) is 4. The highest BCUT2D eigenvalue weighted by Crippen LogP contribution is 2.27. The van der Waals surface area contributed by atoms with Gasteiger partial charge < -0.3 is 14.6 Å². The average molecular weight is 281 g/mol. The molecule has 5 heteroatoms. The minimum absolute atomic E-state index is 0.0185. The highest BCUT2D eigenvalue weighted by Gasteiger charge is 2.34. The molecule has 0 bridgehead atoms. The third-order valence-corrected chi connectivity index (χ3v) is 2.74. The predicted octanol–water partition coefficient (Wildman–Crippen LogP) is 2.31. The normalized spacial score (nSPS) is 13.8. The molecule has 0 aromatic heterocycles. The molecule has 5 nitrogen and oxygen atoms in total. The van der Waals surface area contributed by atoms with Gasteiger partial charge in [-0.25, -0.2) is 0 Å². The van der Waals surface area contributed by atoms with Crippen LogP contribution >= 0.6 is 0 Å². The molecule has 0 heterocycles. The van der Waals surface area contributed by atoms with E-state index in [1.54, 1.807) is 19.1 Å². The van der Waals surface area contributed by atoms with E-state index in [-0.39, 0.29) is 12.6 Å². The average Bonchev–Trinajstić information content (AvgIpc) is 2.37. The van der Waals surface area contributed by atoms with Gasteiger partial charge in [0.25, 0.3) is 0 Å². The van der Waals surface area contributed by atoms with Crippen molar-refractivity contribution in [2.45, 2.75) is 39.3 Å². The summed E-state index contributed by atoms with van der Waals surface area (Å²) in [6.45, 7) is 7.84. The Bertz CT molecular complexity index is 447. The van der Waals surface area contributed by atoms with Crippen LogP contribution in [0.2, 0.25) is 0 Å². The van der Waals surface area contributed by atoms with Gasteiger partial charge in [-0.15, -0.1) is 0 Å². The summed E-state index contributed by atoms with van der Waals surface area (Å²) in [5, 5.41) is 12.4. The molecule has 1 unspecified atom stereocenters. The fraction of sp³-hybridized carbons (Fsp3) is 0.533. The minimum Gasteiger partial charge on any atom is -0.490 e. The predicted molar refractivity (Wildman–Crippen MR) is 77.4 cm³/mol. The van der Waals surface area contributed by atoms with E-state index in [1.807, 2.05) is 32.9 Å². The lowest BCUT2D eigenvalue weighted by Crippen LogP contribution is -2.56. The molecule has 0 spiro atoms. The quantitative estimate of drug-likeness (QED) is 0.765. The number of benzene rings is 1. The smallest absolute Gasteiger partial charge is 0.327 e. The molecule has 20 heavy (non-hydrogen) atoms. The number of aliphatic carboxylic acids is 1. The summed E-state index contributed by atoms with van der Waals surface area (Å²) in [7, 11) is 0. The zero-order valence-electron chi connectivity index (χ0n) is 12.5. The molecule has 0 amide bonds. The van der Waals surface area contributed by atoms with Crippen molar-refractivity contribution < 1.29 is 19.4 Å². The van der Waals surface area contributed by atoms with Crippen LogP contribution in [0.1, 0.15) is 27.7 Å². The summed E-state index contributed by atoms with van der Waals surface area (Å²) in [6, 6.07) is 7.28. The summed E-state index contributed by atoms with van der Waals surface area (Å²) in [5.74, 6) is 0.222. The van der Waals surface area contributed by atoms with Crippen molar-refractivity contribution in [1.82, 2.24) is 5.32 Å². The largest absolute Gasteiger partial charge is 0.490 e. The van der Waals surface area contributed by atoms with Crippen LogP contribution in [0.4, 0.5) is 0 Å². The Morgan fingerprint density at radius 3 is 2.30 bits per heavy atom. The lowest BCUT2D eigenvalue weighted by atomic mass is 10.0. The van der Waals surface area contributed by atoms with Crippen molar-refractivity contribution in [3.05, 3.63) is 24.3 Å². The summed E-state index contributed by atoms with van der Waals surface area (Å²) in [6.07, 6.45) is 0. The summed E-state index contributed by atoms with van der Waals surface area (Å²) in [4.78, 5) is 11.4. The van der Waals surface area contributed by atoms with Crippen LogP contribution < -0.4 is 14.8 Å². The van der Waals surface area contributed by atoms with Gasteiger partial charge >= 0.3 is 5.97 Å². The van der Waals surface area contributed by atoms with Gasteiger partial charge in [0.15, 0.2) is 11.5 Å². The molecule has 1 atom stereocenters. The third kappa shape index (κ3) is 4.42. The van der Waals surface area contributed by atoms with E-state index in [1.165, 1.54) is 0 Å². The maximum Gasteiger partial charge on any atom is 0.327 e. The molecule has 0 aliphatic rings. The van der Waals surface area contributed by atoms with Crippen LogP contribution in [0.15, 0.2) is 24.3 Å². The molecule has 1 aromatic rings. The molecule has 112 valence electrons. The number of carbonyl (C=O) groups is 1. The Kier molecular flexibility index (Phi) is 5.82. The van der Waals surface area contributed by atoms with Crippen molar-refractivity contribution in [1.29, 1.82) is 0 Å². The van der Waals surface area contributed by atoms with Crippen molar-refractivity contribution in [2.24, 2.45) is 0 Å². The first kappa shape index (κ1) is 16.3. The van der Waals surface area contributed by atoms with Gasteiger partial charge in [0.1, 0.15) is 12.1 Å². The van der Waals surface area contributed by atoms with Gasteiger partial charge in [-0.1, -0.05) is 12.1 Å². The number of carboxylic acid groups (broad SMARTS) is 1. The molecule has 1 aromatic carbocycles.